The van der Waals surface area contributed by atoms with E-state index in [1.807, 2.05) is 0 Å². The van der Waals surface area contributed by atoms with Crippen molar-refractivity contribution in [1.29, 1.82) is 0 Å². The van der Waals surface area contributed by atoms with Gasteiger partial charge in [-0.25, -0.2) is 0 Å². The van der Waals surface area contributed by atoms with Crippen molar-refractivity contribution in [3.05, 3.63) is 0 Å². The summed E-state index contributed by atoms with van der Waals surface area (Å²) in [4.78, 5) is 0. The zero-order valence-electron chi connectivity index (χ0n) is 10.6. The average Bonchev–Trinajstić information content (AvgIpc) is 1.97. The van der Waals surface area contributed by atoms with Crippen molar-refractivity contribution < 1.29 is 0 Å². The number of hydrogen-bond acceptors (Lipinski definition) is 0. The third kappa shape index (κ3) is 2.69. The summed E-state index contributed by atoms with van der Waals surface area (Å²) >= 11 is 0. The van der Waals surface area contributed by atoms with Crippen LogP contribution in [0.2, 0.25) is 0 Å². The Morgan fingerprint density at radius 1 is 0.769 bits per heavy atom. The minimum absolute atomic E-state index is 0.937. The van der Waals surface area contributed by atoms with Crippen molar-refractivity contribution in [2.24, 2.45) is 0 Å². The Balaban J connectivity index is 4.82. The van der Waals surface area contributed by atoms with Crippen molar-refractivity contribution in [1.82, 2.24) is 0 Å². The fourth-order valence-electron chi connectivity index (χ4n) is 3.30. The molecule has 0 rings (SSSR count). The zero-order valence-corrected chi connectivity index (χ0v) is 11.6. The maximum atomic E-state index is 2.45. The monoisotopic (exact) mass is 204 g/mol. The van der Waals surface area contributed by atoms with Crippen LogP contribution in [-0.4, -0.2) is 23.1 Å². The summed E-state index contributed by atoms with van der Waals surface area (Å²) in [5.74, 6) is 0. The number of hydrogen-bond donors (Lipinski definition) is 0. The van der Waals surface area contributed by atoms with Gasteiger partial charge in [-0.3, -0.25) is 0 Å². The molecule has 0 N–H and O–H groups in total. The Hall–Kier alpha value is 0.430. The van der Waals surface area contributed by atoms with Crippen LogP contribution in [0.15, 0.2) is 0 Å². The van der Waals surface area contributed by atoms with Crippen LogP contribution < -0.4 is 0 Å². The molecule has 0 aromatic rings. The van der Waals surface area contributed by atoms with Gasteiger partial charge >= 0.3 is 85.3 Å². The second-order valence-electron chi connectivity index (χ2n) is 5.33. The molecule has 0 spiro atoms. The molecule has 0 bridgehead atoms. The molecule has 1 heteroatoms. The molecule has 0 amide bonds. The first kappa shape index (κ1) is 13.4. The molecule has 0 nitrogen and oxygen atoms in total. The molecule has 0 fully saturated rings. The predicted molar refractivity (Wildman–Crippen MR) is 68.9 cm³/mol. The molecule has 13 heavy (non-hydrogen) atoms. The van der Waals surface area contributed by atoms with Gasteiger partial charge in [0.05, 0.1) is 0 Å². The van der Waals surface area contributed by atoms with Crippen LogP contribution in [0.4, 0.5) is 0 Å². The Labute approximate surface area is 85.8 Å². The Morgan fingerprint density at radius 2 is 1.08 bits per heavy atom. The Morgan fingerprint density at radius 3 is 1.15 bits per heavy atom. The molecule has 0 aromatic carbocycles. The van der Waals surface area contributed by atoms with Crippen LogP contribution in [0.5, 0.6) is 0 Å². The van der Waals surface area contributed by atoms with Gasteiger partial charge in [-0.15, -0.1) is 0 Å². The summed E-state index contributed by atoms with van der Waals surface area (Å²) in [7, 11) is -1.03. The van der Waals surface area contributed by atoms with E-state index < -0.39 is 7.26 Å². The molecule has 0 aliphatic rings. The third-order valence-electron chi connectivity index (χ3n) is 3.91. The molecule has 0 heterocycles. The second-order valence-corrected chi connectivity index (χ2v) is 11.5. The quantitative estimate of drug-likeness (QED) is 0.583. The van der Waals surface area contributed by atoms with E-state index in [1.165, 1.54) is 12.6 Å². The fraction of sp³-hybridized carbons (Fsp3) is 1.00. The normalized spacial score (nSPS) is 14.6. The number of rotatable bonds is 5. The third-order valence-corrected chi connectivity index (χ3v) is 11.7. The van der Waals surface area contributed by atoms with Gasteiger partial charge in [0.15, 0.2) is 0 Å². The van der Waals surface area contributed by atoms with Crippen molar-refractivity contribution in [3.63, 3.8) is 0 Å². The van der Waals surface area contributed by atoms with Crippen molar-refractivity contribution in [2.75, 3.05) is 6.16 Å². The van der Waals surface area contributed by atoms with Gasteiger partial charge in [0, 0.05) is 0 Å². The van der Waals surface area contributed by atoms with E-state index in [2.05, 4.69) is 48.5 Å². The van der Waals surface area contributed by atoms with Gasteiger partial charge < -0.3 is 0 Å². The minimum atomic E-state index is -1.03. The zero-order chi connectivity index (χ0) is 10.6. The second kappa shape index (κ2) is 5.35. The SMILES string of the molecule is CCC[PH](C(C)C)(C(C)C)C(C)C. The molecule has 0 radical (unpaired) electrons. The Kier molecular flexibility index (Phi) is 5.52. The summed E-state index contributed by atoms with van der Waals surface area (Å²) in [5, 5.41) is 0. The van der Waals surface area contributed by atoms with Crippen LogP contribution in [0.25, 0.3) is 0 Å². The van der Waals surface area contributed by atoms with Gasteiger partial charge in [0.1, 0.15) is 0 Å². The van der Waals surface area contributed by atoms with Crippen LogP contribution >= 0.6 is 7.26 Å². The van der Waals surface area contributed by atoms with Crippen molar-refractivity contribution in [3.8, 4) is 0 Å². The van der Waals surface area contributed by atoms with E-state index in [-0.39, 0.29) is 0 Å². The van der Waals surface area contributed by atoms with E-state index in [9.17, 15) is 0 Å². The first-order valence-electron chi connectivity index (χ1n) is 5.89. The molecule has 0 saturated carbocycles. The van der Waals surface area contributed by atoms with E-state index >= 15 is 0 Å². The van der Waals surface area contributed by atoms with E-state index in [0.29, 0.717) is 0 Å². The van der Waals surface area contributed by atoms with Crippen LogP contribution in [0.3, 0.4) is 0 Å². The molecule has 0 unspecified atom stereocenters. The standard InChI is InChI=1S/C12H29P/c1-8-9-13(10(2)3,11(4)5)12(6)7/h10-13H,8-9H2,1-7H3. The van der Waals surface area contributed by atoms with Crippen LogP contribution in [0, 0.1) is 0 Å². The van der Waals surface area contributed by atoms with Crippen molar-refractivity contribution >= 4 is 7.26 Å². The van der Waals surface area contributed by atoms with Gasteiger partial charge in [0.2, 0.25) is 0 Å². The summed E-state index contributed by atoms with van der Waals surface area (Å²) in [6.07, 6.45) is 2.89. The Bertz CT molecular complexity index is 114. The van der Waals surface area contributed by atoms with E-state index in [0.717, 1.165) is 17.0 Å². The molecular formula is C12H29P. The van der Waals surface area contributed by atoms with Gasteiger partial charge in [-0.05, 0) is 0 Å². The van der Waals surface area contributed by atoms with Gasteiger partial charge in [-0.2, -0.15) is 0 Å². The van der Waals surface area contributed by atoms with E-state index in [1.54, 1.807) is 0 Å². The summed E-state index contributed by atoms with van der Waals surface area (Å²) in [6.45, 7) is 17.0. The summed E-state index contributed by atoms with van der Waals surface area (Å²) in [5.41, 5.74) is 2.81. The molecule has 82 valence electrons. The van der Waals surface area contributed by atoms with Gasteiger partial charge in [-0.1, -0.05) is 0 Å². The molecule has 0 atom stereocenters. The van der Waals surface area contributed by atoms with E-state index in [4.69, 9.17) is 0 Å². The molecule has 0 aliphatic carbocycles. The molecule has 0 saturated heterocycles. The van der Waals surface area contributed by atoms with Gasteiger partial charge in [0.25, 0.3) is 0 Å². The van der Waals surface area contributed by atoms with Crippen LogP contribution in [0.1, 0.15) is 54.9 Å². The molecule has 0 aliphatic heterocycles. The predicted octanol–water partition coefficient (Wildman–Crippen LogP) is 4.37. The first-order chi connectivity index (χ1) is 5.89. The van der Waals surface area contributed by atoms with Crippen LogP contribution in [-0.2, 0) is 0 Å². The first-order valence-corrected chi connectivity index (χ1v) is 8.33. The summed E-state index contributed by atoms with van der Waals surface area (Å²) in [6, 6.07) is 0. The topological polar surface area (TPSA) is 0 Å². The molecule has 0 aromatic heterocycles. The van der Waals surface area contributed by atoms with Crippen molar-refractivity contribution in [2.45, 2.75) is 71.9 Å². The average molecular weight is 204 g/mol. The molecular weight excluding hydrogens is 175 g/mol. The maximum absolute atomic E-state index is 2.45. The summed E-state index contributed by atoms with van der Waals surface area (Å²) < 4.78 is 0. The fourth-order valence-corrected chi connectivity index (χ4v) is 9.90.